The van der Waals surface area contributed by atoms with E-state index < -0.39 is 6.09 Å². The van der Waals surface area contributed by atoms with Gasteiger partial charge in [-0.1, -0.05) is 30.3 Å². The number of rotatable bonds is 7. The fourth-order valence-electron chi connectivity index (χ4n) is 1.53. The molecular formula is C15H20N2O4S. The quantitative estimate of drug-likeness (QED) is 0.361. The third-order valence-corrected chi connectivity index (χ3v) is 3.51. The predicted octanol–water partition coefficient (Wildman–Crippen LogP) is 2.59. The molecule has 0 aliphatic heterocycles. The molecular weight excluding hydrogens is 304 g/mol. The number of methoxy groups -OCH3 is 1. The highest BCUT2D eigenvalue weighted by Crippen LogP contribution is 2.12. The number of carbonyl (C=O) groups is 2. The lowest BCUT2D eigenvalue weighted by atomic mass is 10.2. The molecule has 0 bridgehead atoms. The lowest BCUT2D eigenvalue weighted by Gasteiger charge is -2.07. The lowest BCUT2D eigenvalue weighted by Crippen LogP contribution is -2.19. The zero-order valence-corrected chi connectivity index (χ0v) is 13.5. The molecule has 0 aliphatic carbocycles. The highest BCUT2D eigenvalue weighted by atomic mass is 32.2. The minimum atomic E-state index is -0.628. The van der Waals surface area contributed by atoms with Gasteiger partial charge < -0.3 is 9.47 Å². The Morgan fingerprint density at radius 1 is 1.27 bits per heavy atom. The summed E-state index contributed by atoms with van der Waals surface area (Å²) in [5, 5.41) is 4.73. The number of benzene rings is 1. The first-order valence-corrected chi connectivity index (χ1v) is 7.87. The van der Waals surface area contributed by atoms with Gasteiger partial charge in [0.2, 0.25) is 0 Å². The second-order valence-corrected chi connectivity index (χ2v) is 5.34. The minimum absolute atomic E-state index is 0.241. The molecule has 22 heavy (non-hydrogen) atoms. The fourth-order valence-corrected chi connectivity index (χ4v) is 2.42. The molecule has 1 rings (SSSR count). The maximum absolute atomic E-state index is 11.3. The number of thioether (sulfide) groups is 1. The summed E-state index contributed by atoms with van der Waals surface area (Å²) in [6, 6.07) is 9.74. The van der Waals surface area contributed by atoms with Crippen LogP contribution in [0.2, 0.25) is 0 Å². The van der Waals surface area contributed by atoms with Crippen LogP contribution in [-0.2, 0) is 20.7 Å². The molecule has 0 radical (unpaired) electrons. The summed E-state index contributed by atoms with van der Waals surface area (Å²) in [7, 11) is 1.27. The minimum Gasteiger partial charge on any atom is -0.466 e. The van der Waals surface area contributed by atoms with Gasteiger partial charge in [0.25, 0.3) is 0 Å². The summed E-state index contributed by atoms with van der Waals surface area (Å²) < 4.78 is 9.36. The van der Waals surface area contributed by atoms with Gasteiger partial charge in [-0.2, -0.15) is 5.10 Å². The van der Waals surface area contributed by atoms with Crippen LogP contribution in [0, 0.1) is 0 Å². The Labute approximate surface area is 134 Å². The molecule has 1 amide bonds. The molecule has 0 saturated heterocycles. The fraction of sp³-hybridized carbons (Fsp3) is 0.400. The molecule has 0 heterocycles. The van der Waals surface area contributed by atoms with E-state index in [0.29, 0.717) is 30.2 Å². The Morgan fingerprint density at radius 3 is 2.64 bits per heavy atom. The molecule has 1 N–H and O–H groups in total. The molecule has 1 aromatic carbocycles. The van der Waals surface area contributed by atoms with Crippen LogP contribution in [-0.4, -0.2) is 36.6 Å². The van der Waals surface area contributed by atoms with Gasteiger partial charge in [-0.15, -0.1) is 11.8 Å². The number of hydrogen-bond donors (Lipinski definition) is 1. The van der Waals surface area contributed by atoms with E-state index in [-0.39, 0.29) is 5.97 Å². The monoisotopic (exact) mass is 324 g/mol. The molecule has 7 heteroatoms. The summed E-state index contributed by atoms with van der Waals surface area (Å²) >= 11 is 1.40. The van der Waals surface area contributed by atoms with Gasteiger partial charge >= 0.3 is 12.1 Å². The van der Waals surface area contributed by atoms with E-state index in [0.717, 1.165) is 5.56 Å². The number of hydrazone groups is 1. The normalized spacial score (nSPS) is 10.9. The van der Waals surface area contributed by atoms with Crippen LogP contribution >= 0.6 is 11.8 Å². The van der Waals surface area contributed by atoms with Crippen molar-refractivity contribution in [2.45, 2.75) is 19.8 Å². The number of nitrogens with zero attached hydrogens (tertiary/aromatic N) is 1. The van der Waals surface area contributed by atoms with Gasteiger partial charge in [-0.25, -0.2) is 10.2 Å². The van der Waals surface area contributed by atoms with Crippen molar-refractivity contribution in [2.75, 3.05) is 19.5 Å². The van der Waals surface area contributed by atoms with Crippen molar-refractivity contribution in [1.29, 1.82) is 0 Å². The standard InChI is InChI=1S/C15H20N2O4S/c1-3-21-14(18)9-10-22-13(16-17-15(19)20-2)11-12-7-5-4-6-8-12/h4-8H,3,9-11H2,1-2H3,(H,17,19)/b16-13-. The topological polar surface area (TPSA) is 77.0 Å². The van der Waals surface area contributed by atoms with Crippen LogP contribution in [0.5, 0.6) is 0 Å². The van der Waals surface area contributed by atoms with E-state index >= 15 is 0 Å². The number of ether oxygens (including phenoxy) is 2. The Kier molecular flexibility index (Phi) is 8.74. The van der Waals surface area contributed by atoms with Crippen LogP contribution in [0.1, 0.15) is 18.9 Å². The number of amides is 1. The highest BCUT2D eigenvalue weighted by Gasteiger charge is 2.07. The average molecular weight is 324 g/mol. The second-order valence-electron chi connectivity index (χ2n) is 4.17. The van der Waals surface area contributed by atoms with Crippen molar-refractivity contribution in [3.63, 3.8) is 0 Å². The summed E-state index contributed by atoms with van der Waals surface area (Å²) in [5.41, 5.74) is 3.37. The lowest BCUT2D eigenvalue weighted by molar-refractivity contribution is -0.142. The van der Waals surface area contributed by atoms with Crippen molar-refractivity contribution in [2.24, 2.45) is 5.10 Å². The van der Waals surface area contributed by atoms with Gasteiger partial charge in [0.15, 0.2) is 0 Å². The number of hydrogen-bond acceptors (Lipinski definition) is 6. The van der Waals surface area contributed by atoms with Crippen LogP contribution in [0.25, 0.3) is 0 Å². The van der Waals surface area contributed by atoms with E-state index in [9.17, 15) is 9.59 Å². The van der Waals surface area contributed by atoms with Crippen molar-refractivity contribution >= 4 is 28.9 Å². The highest BCUT2D eigenvalue weighted by molar-refractivity contribution is 8.13. The number of carbonyl (C=O) groups excluding carboxylic acids is 2. The zero-order chi connectivity index (χ0) is 16.2. The zero-order valence-electron chi connectivity index (χ0n) is 12.7. The first-order chi connectivity index (χ1) is 10.7. The smallest absolute Gasteiger partial charge is 0.427 e. The first-order valence-electron chi connectivity index (χ1n) is 6.88. The number of esters is 1. The molecule has 0 spiro atoms. The van der Waals surface area contributed by atoms with E-state index in [2.05, 4.69) is 15.3 Å². The Hall–Kier alpha value is -2.02. The summed E-state index contributed by atoms with van der Waals surface area (Å²) in [6.07, 6.45) is 0.236. The summed E-state index contributed by atoms with van der Waals surface area (Å²) in [5.74, 6) is 0.294. The molecule has 0 aliphatic rings. The predicted molar refractivity (Wildman–Crippen MR) is 86.8 cm³/mol. The molecule has 6 nitrogen and oxygen atoms in total. The average Bonchev–Trinajstić information content (AvgIpc) is 2.53. The van der Waals surface area contributed by atoms with Crippen molar-refractivity contribution in [3.8, 4) is 0 Å². The SMILES string of the molecule is CCOC(=O)CCS/C(Cc1ccccc1)=N\NC(=O)OC. The second kappa shape index (κ2) is 10.7. The van der Waals surface area contributed by atoms with Gasteiger partial charge in [0, 0.05) is 12.2 Å². The molecule has 0 saturated carbocycles. The molecule has 1 aromatic rings. The van der Waals surface area contributed by atoms with Crippen molar-refractivity contribution < 1.29 is 19.1 Å². The third-order valence-electron chi connectivity index (χ3n) is 2.54. The van der Waals surface area contributed by atoms with Crippen molar-refractivity contribution in [1.82, 2.24) is 5.43 Å². The van der Waals surface area contributed by atoms with E-state index in [1.807, 2.05) is 30.3 Å². The molecule has 0 atom stereocenters. The molecule has 120 valence electrons. The Morgan fingerprint density at radius 2 is 2.00 bits per heavy atom. The van der Waals surface area contributed by atoms with Gasteiger partial charge in [-0.3, -0.25) is 4.79 Å². The third kappa shape index (κ3) is 7.68. The van der Waals surface area contributed by atoms with Crippen LogP contribution < -0.4 is 5.43 Å². The first kappa shape index (κ1) is 18.0. The number of nitrogens with one attached hydrogen (secondary N) is 1. The molecule has 0 unspecified atom stereocenters. The van der Waals surface area contributed by atoms with E-state index in [1.54, 1.807) is 6.92 Å². The Balaban J connectivity index is 2.58. The maximum atomic E-state index is 11.3. The van der Waals surface area contributed by atoms with Crippen LogP contribution in [0.15, 0.2) is 35.4 Å². The van der Waals surface area contributed by atoms with Crippen molar-refractivity contribution in [3.05, 3.63) is 35.9 Å². The summed E-state index contributed by atoms with van der Waals surface area (Å²) in [6.45, 7) is 2.14. The maximum Gasteiger partial charge on any atom is 0.427 e. The Bertz CT molecular complexity index is 506. The molecule has 0 aromatic heterocycles. The van der Waals surface area contributed by atoms with Gasteiger partial charge in [-0.05, 0) is 12.5 Å². The van der Waals surface area contributed by atoms with Crippen LogP contribution in [0.4, 0.5) is 4.79 Å². The van der Waals surface area contributed by atoms with E-state index in [4.69, 9.17) is 4.74 Å². The van der Waals surface area contributed by atoms with Gasteiger partial charge in [0.1, 0.15) is 0 Å². The van der Waals surface area contributed by atoms with E-state index in [1.165, 1.54) is 18.9 Å². The van der Waals surface area contributed by atoms with Gasteiger partial charge in [0.05, 0.1) is 25.2 Å². The molecule has 0 fully saturated rings. The largest absolute Gasteiger partial charge is 0.466 e. The summed E-state index contributed by atoms with van der Waals surface area (Å²) in [4.78, 5) is 22.4. The van der Waals surface area contributed by atoms with Crippen LogP contribution in [0.3, 0.4) is 0 Å².